The van der Waals surface area contributed by atoms with E-state index in [0.29, 0.717) is 43.1 Å². The third-order valence-corrected chi connectivity index (χ3v) is 5.64. The minimum atomic E-state index is -0.939. The van der Waals surface area contributed by atoms with Gasteiger partial charge in [-0.05, 0) is 42.5 Å². The van der Waals surface area contributed by atoms with Gasteiger partial charge in [-0.2, -0.15) is 0 Å². The Morgan fingerprint density at radius 2 is 1.76 bits per heavy atom. The Morgan fingerprint density at radius 1 is 1.00 bits per heavy atom. The van der Waals surface area contributed by atoms with Crippen LogP contribution >= 0.6 is 11.6 Å². The SMILES string of the molecule is O=C(c1ccc(Nc2ccc(F)cc2F)nc1)c1ccc(N2CCN(C(=O)O)CC2)cc1Cl. The highest BCUT2D eigenvalue weighted by Crippen LogP contribution is 2.27. The molecule has 0 atom stereocenters. The molecule has 0 unspecified atom stereocenters. The number of piperazine rings is 1. The Morgan fingerprint density at radius 3 is 2.36 bits per heavy atom. The smallest absolute Gasteiger partial charge is 0.407 e. The van der Waals surface area contributed by atoms with Crippen LogP contribution in [0.5, 0.6) is 0 Å². The maximum Gasteiger partial charge on any atom is 0.407 e. The predicted octanol–water partition coefficient (Wildman–Crippen LogP) is 4.79. The lowest BCUT2D eigenvalue weighted by atomic mass is 10.0. The van der Waals surface area contributed by atoms with Crippen molar-refractivity contribution in [3.8, 4) is 0 Å². The molecule has 0 saturated carbocycles. The molecule has 1 aliphatic heterocycles. The minimum absolute atomic E-state index is 0.0609. The van der Waals surface area contributed by atoms with Crippen LogP contribution in [0.3, 0.4) is 0 Å². The first-order chi connectivity index (χ1) is 15.8. The fourth-order valence-corrected chi connectivity index (χ4v) is 3.79. The highest BCUT2D eigenvalue weighted by atomic mass is 35.5. The van der Waals surface area contributed by atoms with Crippen LogP contribution in [-0.2, 0) is 0 Å². The number of rotatable bonds is 5. The number of hydrogen-bond donors (Lipinski definition) is 2. The first-order valence-corrected chi connectivity index (χ1v) is 10.4. The van der Waals surface area contributed by atoms with Crippen LogP contribution in [0.4, 0.5) is 30.8 Å². The molecule has 2 aromatic carbocycles. The van der Waals surface area contributed by atoms with E-state index in [-0.39, 0.29) is 16.5 Å². The van der Waals surface area contributed by atoms with Crippen LogP contribution in [0.1, 0.15) is 15.9 Å². The molecule has 0 radical (unpaired) electrons. The number of carboxylic acid groups (broad SMARTS) is 1. The molecule has 1 aromatic heterocycles. The van der Waals surface area contributed by atoms with Gasteiger partial charge in [0.1, 0.15) is 17.5 Å². The van der Waals surface area contributed by atoms with Gasteiger partial charge in [-0.3, -0.25) is 4.79 Å². The standard InChI is InChI=1S/C23H19ClF2N4O3/c24-18-12-16(29-7-9-30(10-8-29)23(32)33)3-4-17(18)22(31)14-1-6-21(27-13-14)28-20-5-2-15(25)11-19(20)26/h1-6,11-13H,7-10H2,(H,27,28)(H,32,33). The van der Waals surface area contributed by atoms with Gasteiger partial charge in [0.2, 0.25) is 0 Å². The first kappa shape index (κ1) is 22.5. The van der Waals surface area contributed by atoms with Gasteiger partial charge >= 0.3 is 6.09 Å². The maximum absolute atomic E-state index is 13.8. The summed E-state index contributed by atoms with van der Waals surface area (Å²) >= 11 is 6.38. The van der Waals surface area contributed by atoms with E-state index in [2.05, 4.69) is 10.3 Å². The number of nitrogens with one attached hydrogen (secondary N) is 1. The van der Waals surface area contributed by atoms with E-state index in [0.717, 1.165) is 17.8 Å². The Bertz CT molecular complexity index is 1200. The molecule has 1 aliphatic rings. The van der Waals surface area contributed by atoms with E-state index in [1.54, 1.807) is 18.2 Å². The number of amides is 1. The molecule has 0 spiro atoms. The van der Waals surface area contributed by atoms with Crippen LogP contribution in [0.2, 0.25) is 5.02 Å². The molecule has 1 amide bonds. The third-order valence-electron chi connectivity index (χ3n) is 5.33. The van der Waals surface area contributed by atoms with Gasteiger partial charge in [0.05, 0.1) is 10.7 Å². The summed E-state index contributed by atoms with van der Waals surface area (Å²) in [5.41, 5.74) is 1.47. The predicted molar refractivity (Wildman–Crippen MR) is 121 cm³/mol. The third kappa shape index (κ3) is 5.04. The van der Waals surface area contributed by atoms with Crippen molar-refractivity contribution in [2.24, 2.45) is 0 Å². The molecule has 7 nitrogen and oxygen atoms in total. The molecule has 2 heterocycles. The molecule has 0 aliphatic carbocycles. The number of carbonyl (C=O) groups is 2. The second-order valence-electron chi connectivity index (χ2n) is 7.43. The number of halogens is 3. The average molecular weight is 473 g/mol. The number of benzene rings is 2. The molecule has 1 fully saturated rings. The first-order valence-electron chi connectivity index (χ1n) is 10.1. The van der Waals surface area contributed by atoms with Crippen molar-refractivity contribution in [2.75, 3.05) is 36.4 Å². The zero-order valence-corrected chi connectivity index (χ0v) is 18.0. The summed E-state index contributed by atoms with van der Waals surface area (Å²) in [6.07, 6.45) is 0.410. The van der Waals surface area contributed by atoms with Crippen LogP contribution in [0.25, 0.3) is 0 Å². The highest BCUT2D eigenvalue weighted by molar-refractivity contribution is 6.35. The summed E-state index contributed by atoms with van der Waals surface area (Å²) in [5.74, 6) is -1.47. The summed E-state index contributed by atoms with van der Waals surface area (Å²) in [4.78, 5) is 31.4. The van der Waals surface area contributed by atoms with Gasteiger partial charge in [0.15, 0.2) is 5.78 Å². The van der Waals surface area contributed by atoms with E-state index in [1.807, 2.05) is 4.90 Å². The molecular weight excluding hydrogens is 454 g/mol. The normalized spacial score (nSPS) is 13.7. The number of nitrogens with zero attached hydrogens (tertiary/aromatic N) is 3. The topological polar surface area (TPSA) is 85.8 Å². The van der Waals surface area contributed by atoms with Crippen molar-refractivity contribution in [1.82, 2.24) is 9.88 Å². The number of aromatic nitrogens is 1. The van der Waals surface area contributed by atoms with Gasteiger partial charge in [-0.15, -0.1) is 0 Å². The molecule has 0 bridgehead atoms. The summed E-state index contributed by atoms with van der Waals surface area (Å²) in [6.45, 7) is 1.84. The Labute approximate surface area is 193 Å². The quantitative estimate of drug-likeness (QED) is 0.519. The van der Waals surface area contributed by atoms with Gasteiger partial charge in [-0.25, -0.2) is 18.6 Å². The Hall–Kier alpha value is -3.72. The Balaban J connectivity index is 1.45. The van der Waals surface area contributed by atoms with Crippen LogP contribution in [-0.4, -0.2) is 53.0 Å². The summed E-state index contributed by atoms with van der Waals surface area (Å²) in [6, 6.07) is 11.3. The number of pyridine rings is 1. The van der Waals surface area contributed by atoms with Gasteiger partial charge in [0.25, 0.3) is 0 Å². The average Bonchev–Trinajstić information content (AvgIpc) is 2.81. The Kier molecular flexibility index (Phi) is 6.41. The zero-order chi connectivity index (χ0) is 23.5. The van der Waals surface area contributed by atoms with Gasteiger partial charge in [0, 0.05) is 55.3 Å². The van der Waals surface area contributed by atoms with Crippen LogP contribution < -0.4 is 10.2 Å². The molecule has 2 N–H and O–H groups in total. The van der Waals surface area contributed by atoms with Crippen molar-refractivity contribution in [3.05, 3.63) is 82.5 Å². The molecule has 10 heteroatoms. The summed E-state index contributed by atoms with van der Waals surface area (Å²) < 4.78 is 26.8. The van der Waals surface area contributed by atoms with E-state index < -0.39 is 17.7 Å². The second kappa shape index (κ2) is 9.41. The lowest BCUT2D eigenvalue weighted by Crippen LogP contribution is -2.48. The van der Waals surface area contributed by atoms with Gasteiger partial charge < -0.3 is 20.2 Å². The number of anilines is 3. The van der Waals surface area contributed by atoms with Crippen molar-refractivity contribution in [3.63, 3.8) is 0 Å². The lowest BCUT2D eigenvalue weighted by Gasteiger charge is -2.34. The maximum atomic E-state index is 13.8. The highest BCUT2D eigenvalue weighted by Gasteiger charge is 2.22. The number of carbonyl (C=O) groups excluding carboxylic acids is 1. The van der Waals surface area contributed by atoms with Crippen molar-refractivity contribution in [1.29, 1.82) is 0 Å². The van der Waals surface area contributed by atoms with E-state index in [9.17, 15) is 18.4 Å². The monoisotopic (exact) mass is 472 g/mol. The van der Waals surface area contributed by atoms with E-state index in [4.69, 9.17) is 16.7 Å². The molecule has 33 heavy (non-hydrogen) atoms. The fraction of sp³-hybridized carbons (Fsp3) is 0.174. The molecule has 4 rings (SSSR count). The minimum Gasteiger partial charge on any atom is -0.465 e. The second-order valence-corrected chi connectivity index (χ2v) is 7.84. The number of hydrogen-bond acceptors (Lipinski definition) is 5. The molecule has 170 valence electrons. The van der Waals surface area contributed by atoms with Gasteiger partial charge in [-0.1, -0.05) is 11.6 Å². The zero-order valence-electron chi connectivity index (χ0n) is 17.3. The summed E-state index contributed by atoms with van der Waals surface area (Å²) in [7, 11) is 0. The number of ketones is 1. The van der Waals surface area contributed by atoms with E-state index in [1.165, 1.54) is 29.3 Å². The largest absolute Gasteiger partial charge is 0.465 e. The molecule has 1 saturated heterocycles. The summed E-state index contributed by atoms with van der Waals surface area (Å²) in [5, 5.41) is 12.1. The lowest BCUT2D eigenvalue weighted by molar-refractivity contribution is 0.103. The van der Waals surface area contributed by atoms with Crippen molar-refractivity contribution in [2.45, 2.75) is 0 Å². The van der Waals surface area contributed by atoms with Crippen LogP contribution in [0.15, 0.2) is 54.7 Å². The van der Waals surface area contributed by atoms with E-state index >= 15 is 0 Å². The molecular formula is C23H19ClF2N4O3. The van der Waals surface area contributed by atoms with Crippen LogP contribution in [0, 0.1) is 11.6 Å². The van der Waals surface area contributed by atoms with Crippen molar-refractivity contribution >= 4 is 40.7 Å². The molecule has 3 aromatic rings. The fourth-order valence-electron chi connectivity index (χ4n) is 3.53. The van der Waals surface area contributed by atoms with Crippen molar-refractivity contribution < 1.29 is 23.5 Å².